The molecule has 2 heterocycles. The molecule has 7 nitrogen and oxygen atoms in total. The van der Waals surface area contributed by atoms with E-state index in [4.69, 9.17) is 25.4 Å². The maximum absolute atomic E-state index is 11.5. The van der Waals surface area contributed by atoms with Crippen LogP contribution in [0.5, 0.6) is 0 Å². The summed E-state index contributed by atoms with van der Waals surface area (Å²) in [5.41, 5.74) is 0.843. The molecule has 0 unspecified atom stereocenters. The van der Waals surface area contributed by atoms with Crippen LogP contribution in [0, 0.1) is 12.3 Å². The van der Waals surface area contributed by atoms with Crippen LogP contribution in [0.1, 0.15) is 18.8 Å². The summed E-state index contributed by atoms with van der Waals surface area (Å²) in [6.45, 7) is 1.58. The SMILES string of the molecule is C#CCO[C@H]1O[C@@H]2CO[C@@H](c3ccccc3)O[C@H]2[C@H](O)[C@H]1NC(C)=O. The van der Waals surface area contributed by atoms with Gasteiger partial charge in [-0.05, 0) is 0 Å². The minimum Gasteiger partial charge on any atom is -0.388 e. The van der Waals surface area contributed by atoms with Gasteiger partial charge in [0, 0.05) is 12.5 Å². The molecule has 2 fully saturated rings. The number of aliphatic hydroxyl groups is 1. The minimum absolute atomic E-state index is 0.000781. The van der Waals surface area contributed by atoms with Gasteiger partial charge in [0.15, 0.2) is 12.6 Å². The number of carbonyl (C=O) groups excluding carboxylic acids is 1. The van der Waals surface area contributed by atoms with Crippen LogP contribution in [0.15, 0.2) is 30.3 Å². The Balaban J connectivity index is 1.75. The molecule has 6 atom stereocenters. The summed E-state index contributed by atoms with van der Waals surface area (Å²) < 4.78 is 22.9. The van der Waals surface area contributed by atoms with Gasteiger partial charge in [0.1, 0.15) is 31.0 Å². The zero-order valence-corrected chi connectivity index (χ0v) is 13.8. The fraction of sp³-hybridized carbons (Fsp3) is 0.500. The van der Waals surface area contributed by atoms with Gasteiger partial charge >= 0.3 is 0 Å². The molecular formula is C18H21NO6. The number of ether oxygens (including phenoxy) is 4. The fourth-order valence-electron chi connectivity index (χ4n) is 3.03. The van der Waals surface area contributed by atoms with Crippen molar-refractivity contribution in [2.24, 2.45) is 0 Å². The molecule has 25 heavy (non-hydrogen) atoms. The zero-order chi connectivity index (χ0) is 17.8. The molecule has 0 aromatic heterocycles. The van der Waals surface area contributed by atoms with Crippen molar-refractivity contribution in [3.63, 3.8) is 0 Å². The molecule has 134 valence electrons. The molecule has 2 saturated heterocycles. The molecule has 0 radical (unpaired) electrons. The Bertz CT molecular complexity index is 630. The van der Waals surface area contributed by atoms with E-state index in [1.165, 1.54) is 6.92 Å². The molecule has 1 amide bonds. The number of carbonyl (C=O) groups is 1. The first-order valence-corrected chi connectivity index (χ1v) is 8.08. The third-order valence-corrected chi connectivity index (χ3v) is 4.14. The standard InChI is InChI=1S/C18H21NO6/c1-3-9-22-18-14(19-11(2)20)15(21)16-13(24-18)10-23-17(25-16)12-7-5-4-6-8-12/h1,4-8,13-18,21H,9-10H2,2H3,(H,19,20)/t13-,14-,15-,16-,17-,18+/m1/s1. The van der Waals surface area contributed by atoms with E-state index < -0.39 is 36.9 Å². The Morgan fingerprint density at radius 3 is 2.84 bits per heavy atom. The lowest BCUT2D eigenvalue weighted by atomic mass is 9.95. The normalized spacial score (nSPS) is 34.6. The number of rotatable bonds is 4. The van der Waals surface area contributed by atoms with Crippen molar-refractivity contribution in [1.82, 2.24) is 5.32 Å². The molecule has 0 saturated carbocycles. The van der Waals surface area contributed by atoms with Gasteiger partial charge in [-0.3, -0.25) is 4.79 Å². The maximum Gasteiger partial charge on any atom is 0.217 e. The molecule has 7 heteroatoms. The van der Waals surface area contributed by atoms with E-state index in [0.29, 0.717) is 0 Å². The maximum atomic E-state index is 11.5. The minimum atomic E-state index is -1.03. The molecular weight excluding hydrogens is 326 g/mol. The largest absolute Gasteiger partial charge is 0.388 e. The highest BCUT2D eigenvalue weighted by Crippen LogP contribution is 2.34. The van der Waals surface area contributed by atoms with Gasteiger partial charge in [-0.15, -0.1) is 6.42 Å². The van der Waals surface area contributed by atoms with Gasteiger partial charge in [0.25, 0.3) is 0 Å². The van der Waals surface area contributed by atoms with Gasteiger partial charge in [0.05, 0.1) is 6.61 Å². The molecule has 2 aliphatic rings. The summed E-state index contributed by atoms with van der Waals surface area (Å²) in [5, 5.41) is 13.4. The third-order valence-electron chi connectivity index (χ3n) is 4.14. The van der Waals surface area contributed by atoms with Crippen molar-refractivity contribution in [3.8, 4) is 12.3 Å². The van der Waals surface area contributed by atoms with Crippen LogP contribution in [-0.2, 0) is 23.7 Å². The summed E-state index contributed by atoms with van der Waals surface area (Å²) >= 11 is 0. The molecule has 0 aliphatic carbocycles. The fourth-order valence-corrected chi connectivity index (χ4v) is 3.03. The number of fused-ring (bicyclic) bond motifs is 1. The van der Waals surface area contributed by atoms with E-state index in [2.05, 4.69) is 11.2 Å². The number of hydrogen-bond donors (Lipinski definition) is 2. The zero-order valence-electron chi connectivity index (χ0n) is 13.8. The van der Waals surface area contributed by atoms with E-state index in [0.717, 1.165) is 5.56 Å². The second-order valence-corrected chi connectivity index (χ2v) is 5.95. The van der Waals surface area contributed by atoms with Crippen molar-refractivity contribution < 1.29 is 28.8 Å². The Hall–Kier alpha value is -1.95. The molecule has 1 aromatic rings. The first kappa shape index (κ1) is 17.9. The highest BCUT2D eigenvalue weighted by atomic mass is 16.7. The number of aliphatic hydroxyl groups excluding tert-OH is 1. The molecule has 2 aliphatic heterocycles. The highest BCUT2D eigenvalue weighted by molar-refractivity contribution is 5.73. The van der Waals surface area contributed by atoms with Crippen LogP contribution >= 0.6 is 0 Å². The van der Waals surface area contributed by atoms with Crippen LogP contribution in [0.3, 0.4) is 0 Å². The van der Waals surface area contributed by atoms with Crippen molar-refractivity contribution in [2.75, 3.05) is 13.2 Å². The Kier molecular flexibility index (Phi) is 5.68. The summed E-state index contributed by atoms with van der Waals surface area (Å²) in [5.74, 6) is 2.03. The van der Waals surface area contributed by atoms with Gasteiger partial charge in [-0.1, -0.05) is 36.3 Å². The average molecular weight is 347 g/mol. The molecule has 3 rings (SSSR count). The molecule has 1 aromatic carbocycles. The second kappa shape index (κ2) is 7.95. The molecule has 2 N–H and O–H groups in total. The van der Waals surface area contributed by atoms with E-state index >= 15 is 0 Å². The lowest BCUT2D eigenvalue weighted by Gasteiger charge is -2.47. The summed E-state index contributed by atoms with van der Waals surface area (Å²) in [6, 6.07) is 8.63. The third kappa shape index (κ3) is 4.00. The van der Waals surface area contributed by atoms with Crippen molar-refractivity contribution in [1.29, 1.82) is 0 Å². The Labute approximate surface area is 146 Å². The Morgan fingerprint density at radius 1 is 1.40 bits per heavy atom. The number of terminal acetylenes is 1. The van der Waals surface area contributed by atoms with Gasteiger partial charge in [0.2, 0.25) is 5.91 Å². The quantitative estimate of drug-likeness (QED) is 0.764. The molecule has 0 bridgehead atoms. The van der Waals surface area contributed by atoms with Crippen LogP contribution in [0.25, 0.3) is 0 Å². The van der Waals surface area contributed by atoms with Crippen LogP contribution in [-0.4, -0.2) is 54.9 Å². The predicted octanol–water partition coefficient (Wildman–Crippen LogP) is 0.341. The van der Waals surface area contributed by atoms with Crippen LogP contribution in [0.2, 0.25) is 0 Å². The van der Waals surface area contributed by atoms with Crippen LogP contribution < -0.4 is 5.32 Å². The first-order chi connectivity index (χ1) is 12.1. The van der Waals surface area contributed by atoms with E-state index in [9.17, 15) is 9.90 Å². The number of nitrogens with one attached hydrogen (secondary N) is 1. The van der Waals surface area contributed by atoms with E-state index in [1.54, 1.807) is 0 Å². The number of benzene rings is 1. The summed E-state index contributed by atoms with van der Waals surface area (Å²) in [4.78, 5) is 11.5. The predicted molar refractivity (Wildman–Crippen MR) is 87.1 cm³/mol. The van der Waals surface area contributed by atoms with Crippen molar-refractivity contribution in [2.45, 2.75) is 43.9 Å². The summed E-state index contributed by atoms with van der Waals surface area (Å²) in [7, 11) is 0. The van der Waals surface area contributed by atoms with E-state index in [1.807, 2.05) is 30.3 Å². The van der Waals surface area contributed by atoms with Gasteiger partial charge in [-0.25, -0.2) is 0 Å². The average Bonchev–Trinajstić information content (AvgIpc) is 2.63. The van der Waals surface area contributed by atoms with Crippen molar-refractivity contribution >= 4 is 5.91 Å². The van der Waals surface area contributed by atoms with Gasteiger partial charge in [-0.2, -0.15) is 0 Å². The number of hydrogen-bond acceptors (Lipinski definition) is 6. The first-order valence-electron chi connectivity index (χ1n) is 8.08. The lowest BCUT2D eigenvalue weighted by molar-refractivity contribution is -0.342. The molecule has 0 spiro atoms. The topological polar surface area (TPSA) is 86.2 Å². The monoisotopic (exact) mass is 347 g/mol. The van der Waals surface area contributed by atoms with Gasteiger partial charge < -0.3 is 29.4 Å². The highest BCUT2D eigenvalue weighted by Gasteiger charge is 2.50. The Morgan fingerprint density at radius 2 is 2.16 bits per heavy atom. The number of amides is 1. The van der Waals surface area contributed by atoms with E-state index in [-0.39, 0.29) is 19.1 Å². The van der Waals surface area contributed by atoms with Crippen molar-refractivity contribution in [3.05, 3.63) is 35.9 Å². The second-order valence-electron chi connectivity index (χ2n) is 5.95. The van der Waals surface area contributed by atoms with Crippen LogP contribution in [0.4, 0.5) is 0 Å². The summed E-state index contributed by atoms with van der Waals surface area (Å²) in [6.07, 6.45) is 1.51. The lowest BCUT2D eigenvalue weighted by Crippen LogP contribution is -2.66. The smallest absolute Gasteiger partial charge is 0.217 e.